The summed E-state index contributed by atoms with van der Waals surface area (Å²) in [6.07, 6.45) is 8.66. The van der Waals surface area contributed by atoms with E-state index in [2.05, 4.69) is 15.6 Å². The molecule has 0 radical (unpaired) electrons. The molecule has 1 aliphatic heterocycles. The molecule has 0 saturated heterocycles. The molecule has 1 atom stereocenters. The third-order valence-corrected chi connectivity index (χ3v) is 7.14. The number of carbonyl (C=O) groups is 2. The molecule has 2 heterocycles. The van der Waals surface area contributed by atoms with Gasteiger partial charge in [0.1, 0.15) is 0 Å². The first kappa shape index (κ1) is 19.4. The number of hydrogen-bond acceptors (Lipinski definition) is 6. The molecule has 1 saturated carbocycles. The molecule has 1 unspecified atom stereocenters. The first-order chi connectivity index (χ1) is 14.7. The molecule has 2 aromatic rings. The van der Waals surface area contributed by atoms with Crippen LogP contribution < -0.4 is 20.1 Å². The van der Waals surface area contributed by atoms with Gasteiger partial charge in [0.2, 0.25) is 12.7 Å². The van der Waals surface area contributed by atoms with Gasteiger partial charge in [-0.2, -0.15) is 0 Å². The van der Waals surface area contributed by atoms with Gasteiger partial charge in [0.05, 0.1) is 11.6 Å². The number of ether oxygens (including phenoxy) is 2. The van der Waals surface area contributed by atoms with Gasteiger partial charge in [-0.3, -0.25) is 14.9 Å². The smallest absolute Gasteiger partial charge is 0.257 e. The minimum Gasteiger partial charge on any atom is -0.454 e. The van der Waals surface area contributed by atoms with Gasteiger partial charge in [0.15, 0.2) is 16.6 Å². The SMILES string of the molecule is O=C(Nc1nc2c(s1)CCC2C(=O)NC1CCCCCC1)c1ccc2c(c1)OCO2. The van der Waals surface area contributed by atoms with Crippen molar-refractivity contribution in [2.24, 2.45) is 0 Å². The van der Waals surface area contributed by atoms with Crippen molar-refractivity contribution in [3.63, 3.8) is 0 Å². The lowest BCUT2D eigenvalue weighted by atomic mass is 10.0. The highest BCUT2D eigenvalue weighted by Gasteiger charge is 2.34. The molecule has 158 valence electrons. The summed E-state index contributed by atoms with van der Waals surface area (Å²) < 4.78 is 10.6. The minimum absolute atomic E-state index is 0.0830. The summed E-state index contributed by atoms with van der Waals surface area (Å²) in [5.74, 6) is 0.831. The quantitative estimate of drug-likeness (QED) is 0.720. The molecule has 1 fully saturated rings. The van der Waals surface area contributed by atoms with Crippen molar-refractivity contribution in [3.8, 4) is 11.5 Å². The number of aryl methyl sites for hydroxylation is 1. The minimum atomic E-state index is -0.250. The Balaban J connectivity index is 1.25. The van der Waals surface area contributed by atoms with Gasteiger partial charge in [-0.15, -0.1) is 11.3 Å². The van der Waals surface area contributed by atoms with Crippen molar-refractivity contribution >= 4 is 28.3 Å². The monoisotopic (exact) mass is 427 g/mol. The van der Waals surface area contributed by atoms with Crippen LogP contribution in [0.2, 0.25) is 0 Å². The van der Waals surface area contributed by atoms with E-state index in [-0.39, 0.29) is 30.6 Å². The molecule has 1 aromatic heterocycles. The second-order valence-corrected chi connectivity index (χ2v) is 9.22. The van der Waals surface area contributed by atoms with E-state index in [0.29, 0.717) is 22.2 Å². The number of aromatic nitrogens is 1. The Kier molecular flexibility index (Phi) is 5.33. The van der Waals surface area contributed by atoms with Gasteiger partial charge < -0.3 is 14.8 Å². The van der Waals surface area contributed by atoms with Crippen LogP contribution in [0.3, 0.4) is 0 Å². The summed E-state index contributed by atoms with van der Waals surface area (Å²) in [6, 6.07) is 5.38. The second-order valence-electron chi connectivity index (χ2n) is 8.14. The Bertz CT molecular complexity index is 965. The first-order valence-electron chi connectivity index (χ1n) is 10.7. The maximum Gasteiger partial charge on any atom is 0.257 e. The molecule has 7 nitrogen and oxygen atoms in total. The predicted octanol–water partition coefficient (Wildman–Crippen LogP) is 3.99. The molecule has 2 aliphatic carbocycles. The molecule has 1 aromatic carbocycles. The number of amides is 2. The number of benzene rings is 1. The summed E-state index contributed by atoms with van der Waals surface area (Å²) in [4.78, 5) is 31.2. The maximum atomic E-state index is 12.9. The fraction of sp³-hybridized carbons (Fsp3) is 0.500. The van der Waals surface area contributed by atoms with Crippen LogP contribution >= 0.6 is 11.3 Å². The van der Waals surface area contributed by atoms with Crippen LogP contribution in [-0.4, -0.2) is 29.6 Å². The molecule has 2 amide bonds. The van der Waals surface area contributed by atoms with E-state index >= 15 is 0 Å². The fourth-order valence-electron chi connectivity index (χ4n) is 4.47. The Labute approximate surface area is 179 Å². The van der Waals surface area contributed by atoms with Gasteiger partial charge in [0.25, 0.3) is 5.91 Å². The highest BCUT2D eigenvalue weighted by atomic mass is 32.1. The molecule has 8 heteroatoms. The molecule has 5 rings (SSSR count). The molecule has 0 spiro atoms. The van der Waals surface area contributed by atoms with Crippen LogP contribution in [0.1, 0.15) is 71.8 Å². The molecule has 30 heavy (non-hydrogen) atoms. The highest BCUT2D eigenvalue weighted by Crippen LogP contribution is 2.39. The van der Waals surface area contributed by atoms with E-state index in [0.717, 1.165) is 36.3 Å². The third kappa shape index (κ3) is 3.88. The number of nitrogens with zero attached hydrogens (tertiary/aromatic N) is 1. The lowest BCUT2D eigenvalue weighted by Gasteiger charge is -2.19. The standard InChI is InChI=1S/C22H25N3O4S/c26-20(13-7-9-16-17(11-13)29-12-28-16)25-22-24-19-15(8-10-18(19)30-22)21(27)23-14-5-3-1-2-4-6-14/h7,9,11,14-15H,1-6,8,10,12H2,(H,23,27)(H,24,25,26). The summed E-state index contributed by atoms with van der Waals surface area (Å²) in [5, 5.41) is 6.66. The lowest BCUT2D eigenvalue weighted by molar-refractivity contribution is -0.123. The number of hydrogen-bond donors (Lipinski definition) is 2. The van der Waals surface area contributed by atoms with Crippen LogP contribution in [0.25, 0.3) is 0 Å². The van der Waals surface area contributed by atoms with E-state index in [4.69, 9.17) is 9.47 Å². The molecule has 0 bridgehead atoms. The Morgan fingerprint density at radius 3 is 2.67 bits per heavy atom. The second kappa shape index (κ2) is 8.26. The number of anilines is 1. The van der Waals surface area contributed by atoms with Crippen LogP contribution in [-0.2, 0) is 11.2 Å². The van der Waals surface area contributed by atoms with Gasteiger partial charge in [-0.1, -0.05) is 25.7 Å². The molecular weight excluding hydrogens is 402 g/mol. The zero-order chi connectivity index (χ0) is 20.5. The number of rotatable bonds is 4. The van der Waals surface area contributed by atoms with E-state index in [1.54, 1.807) is 18.2 Å². The van der Waals surface area contributed by atoms with Crippen molar-refractivity contribution < 1.29 is 19.1 Å². The van der Waals surface area contributed by atoms with Gasteiger partial charge in [0, 0.05) is 16.5 Å². The molecular formula is C22H25N3O4S. The Morgan fingerprint density at radius 1 is 1.03 bits per heavy atom. The van der Waals surface area contributed by atoms with E-state index in [9.17, 15) is 9.59 Å². The summed E-state index contributed by atoms with van der Waals surface area (Å²) >= 11 is 1.46. The normalized spacial score (nSPS) is 20.5. The lowest BCUT2D eigenvalue weighted by Crippen LogP contribution is -2.37. The summed E-state index contributed by atoms with van der Waals surface area (Å²) in [5.41, 5.74) is 1.31. The zero-order valence-corrected chi connectivity index (χ0v) is 17.6. The third-order valence-electron chi connectivity index (χ3n) is 6.09. The fourth-order valence-corrected chi connectivity index (χ4v) is 5.50. The molecule has 2 N–H and O–H groups in total. The van der Waals surface area contributed by atoms with Crippen molar-refractivity contribution in [1.82, 2.24) is 10.3 Å². The molecule has 3 aliphatic rings. The number of fused-ring (bicyclic) bond motifs is 2. The van der Waals surface area contributed by atoms with Crippen molar-refractivity contribution in [3.05, 3.63) is 34.3 Å². The van der Waals surface area contributed by atoms with E-state index in [1.165, 1.54) is 37.0 Å². The summed E-state index contributed by atoms with van der Waals surface area (Å²) in [6.45, 7) is 0.171. The van der Waals surface area contributed by atoms with E-state index in [1.807, 2.05) is 0 Å². The van der Waals surface area contributed by atoms with Crippen molar-refractivity contribution in [2.45, 2.75) is 63.3 Å². The first-order valence-corrected chi connectivity index (χ1v) is 11.5. The number of thiazole rings is 1. The van der Waals surface area contributed by atoms with Crippen molar-refractivity contribution in [1.29, 1.82) is 0 Å². The van der Waals surface area contributed by atoms with Gasteiger partial charge >= 0.3 is 0 Å². The van der Waals surface area contributed by atoms with Crippen molar-refractivity contribution in [2.75, 3.05) is 12.1 Å². The zero-order valence-electron chi connectivity index (χ0n) is 16.7. The van der Waals surface area contributed by atoms with Crippen LogP contribution in [0.4, 0.5) is 5.13 Å². The predicted molar refractivity (Wildman–Crippen MR) is 113 cm³/mol. The van der Waals surface area contributed by atoms with Crippen LogP contribution in [0, 0.1) is 0 Å². The Morgan fingerprint density at radius 2 is 1.83 bits per heavy atom. The topological polar surface area (TPSA) is 89.6 Å². The van der Waals surface area contributed by atoms with Gasteiger partial charge in [-0.05, 0) is 43.9 Å². The maximum absolute atomic E-state index is 12.9. The summed E-state index contributed by atoms with van der Waals surface area (Å²) in [7, 11) is 0. The van der Waals surface area contributed by atoms with Crippen LogP contribution in [0.15, 0.2) is 18.2 Å². The Hall–Kier alpha value is -2.61. The highest BCUT2D eigenvalue weighted by molar-refractivity contribution is 7.16. The van der Waals surface area contributed by atoms with Gasteiger partial charge in [-0.25, -0.2) is 4.98 Å². The van der Waals surface area contributed by atoms with E-state index < -0.39 is 0 Å². The van der Waals surface area contributed by atoms with Crippen LogP contribution in [0.5, 0.6) is 11.5 Å². The average molecular weight is 428 g/mol. The number of carbonyl (C=O) groups excluding carboxylic acids is 2. The number of nitrogens with one attached hydrogen (secondary N) is 2. The average Bonchev–Trinajstić information content (AvgIpc) is 3.40. The largest absolute Gasteiger partial charge is 0.454 e.